The second-order valence-corrected chi connectivity index (χ2v) is 15.0. The number of hydrogen-bond acceptors (Lipinski definition) is 2. The van der Waals surface area contributed by atoms with E-state index < -0.39 is 23.5 Å². The molecule has 0 fully saturated rings. The highest BCUT2D eigenvalue weighted by Crippen LogP contribution is 2.41. The number of hydrogen-bond donors (Lipinski definition) is 0. The number of halogens is 6. The third-order valence-electron chi connectivity index (χ3n) is 11.5. The van der Waals surface area contributed by atoms with Gasteiger partial charge in [-0.05, 0) is 118 Å². The van der Waals surface area contributed by atoms with Crippen molar-refractivity contribution in [2.24, 2.45) is 0 Å². The molecule has 62 heavy (non-hydrogen) atoms. The third kappa shape index (κ3) is 6.32. The highest BCUT2D eigenvalue weighted by atomic mass is 19.4. The van der Waals surface area contributed by atoms with Crippen LogP contribution in [-0.4, -0.2) is 9.13 Å². The molecule has 0 N–H and O–H groups in total. The molecule has 0 spiro atoms. The third-order valence-corrected chi connectivity index (χ3v) is 11.5. The van der Waals surface area contributed by atoms with E-state index in [-0.39, 0.29) is 0 Å². The highest BCUT2D eigenvalue weighted by Gasteiger charge is 2.31. The van der Waals surface area contributed by atoms with Crippen LogP contribution in [0.5, 0.6) is 0 Å². The molecular formula is C52H28F6N4. The van der Waals surface area contributed by atoms with E-state index in [0.717, 1.165) is 90.1 Å². The molecule has 10 rings (SSSR count). The lowest BCUT2D eigenvalue weighted by Gasteiger charge is -2.15. The molecule has 8 aromatic carbocycles. The Morgan fingerprint density at radius 1 is 0.339 bits per heavy atom. The van der Waals surface area contributed by atoms with Gasteiger partial charge in [-0.1, -0.05) is 84.9 Å². The van der Waals surface area contributed by atoms with Gasteiger partial charge < -0.3 is 9.13 Å². The van der Waals surface area contributed by atoms with E-state index in [9.17, 15) is 36.9 Å². The fourth-order valence-corrected chi connectivity index (χ4v) is 8.51. The predicted octanol–water partition coefficient (Wildman–Crippen LogP) is 14.7. The minimum Gasteiger partial charge on any atom is -0.308 e. The molecule has 2 heterocycles. The Bertz CT molecular complexity index is 3270. The van der Waals surface area contributed by atoms with Crippen molar-refractivity contribution >= 4 is 43.6 Å². The maximum atomic E-state index is 13.3. The number of nitrogens with zero attached hydrogens (tertiary/aromatic N) is 4. The van der Waals surface area contributed by atoms with E-state index in [1.165, 1.54) is 24.3 Å². The molecule has 0 aliphatic heterocycles. The first-order chi connectivity index (χ1) is 29.9. The predicted molar refractivity (Wildman–Crippen MR) is 231 cm³/mol. The van der Waals surface area contributed by atoms with E-state index in [2.05, 4.69) is 12.1 Å². The van der Waals surface area contributed by atoms with Crippen molar-refractivity contribution < 1.29 is 26.3 Å². The van der Waals surface area contributed by atoms with Crippen LogP contribution >= 0.6 is 0 Å². The molecule has 0 saturated heterocycles. The Kier molecular flexibility index (Phi) is 8.79. The van der Waals surface area contributed by atoms with Crippen LogP contribution in [0.3, 0.4) is 0 Å². The summed E-state index contributed by atoms with van der Waals surface area (Å²) in [4.78, 5) is 0. The molecule has 10 heteroatoms. The Morgan fingerprint density at radius 3 is 1.03 bits per heavy atom. The molecule has 0 aliphatic carbocycles. The molecule has 0 radical (unpaired) electrons. The van der Waals surface area contributed by atoms with Crippen molar-refractivity contribution in [3.8, 4) is 56.9 Å². The van der Waals surface area contributed by atoms with E-state index in [1.807, 2.05) is 118 Å². The quantitative estimate of drug-likeness (QED) is 0.162. The lowest BCUT2D eigenvalue weighted by atomic mass is 9.99. The van der Waals surface area contributed by atoms with Crippen LogP contribution in [0.2, 0.25) is 0 Å². The van der Waals surface area contributed by atoms with Crippen molar-refractivity contribution in [1.29, 1.82) is 10.5 Å². The number of fused-ring (bicyclic) bond motifs is 6. The summed E-state index contributed by atoms with van der Waals surface area (Å²) in [6.45, 7) is 0. The smallest absolute Gasteiger partial charge is 0.308 e. The van der Waals surface area contributed by atoms with Gasteiger partial charge in [-0.3, -0.25) is 0 Å². The summed E-state index contributed by atoms with van der Waals surface area (Å²) in [7, 11) is 0. The van der Waals surface area contributed by atoms with Crippen molar-refractivity contribution in [2.75, 3.05) is 0 Å². The van der Waals surface area contributed by atoms with E-state index >= 15 is 0 Å². The molecule has 298 valence electrons. The van der Waals surface area contributed by atoms with Crippen LogP contribution in [0.15, 0.2) is 170 Å². The number of para-hydroxylation sites is 2. The molecule has 0 atom stereocenters. The lowest BCUT2D eigenvalue weighted by molar-refractivity contribution is -0.138. The van der Waals surface area contributed by atoms with E-state index in [4.69, 9.17) is 0 Å². The van der Waals surface area contributed by atoms with E-state index in [1.54, 1.807) is 12.1 Å². The number of benzene rings is 8. The SMILES string of the molecule is N#Cc1ccc(-c2ccc(C#N)c(-n3c4ccccc4c4cc(-c5ccc(C(F)(F)F)cc5)ccc43)c2)cc1-n1c2ccccc2c2cc(-c3ccc(C(F)(F)F)cc3)ccc21. The second-order valence-electron chi connectivity index (χ2n) is 15.0. The number of alkyl halides is 6. The number of rotatable bonds is 5. The van der Waals surface area contributed by atoms with Crippen molar-refractivity contribution in [3.63, 3.8) is 0 Å². The second kappa shape index (κ2) is 14.3. The monoisotopic (exact) mass is 822 g/mol. The zero-order valence-corrected chi connectivity index (χ0v) is 32.2. The first kappa shape index (κ1) is 38.1. The van der Waals surface area contributed by atoms with Gasteiger partial charge in [0.2, 0.25) is 0 Å². The fraction of sp³-hybridized carbons (Fsp3) is 0.0385. The van der Waals surface area contributed by atoms with Gasteiger partial charge in [0, 0.05) is 21.5 Å². The molecule has 0 amide bonds. The molecule has 10 aromatic rings. The maximum absolute atomic E-state index is 13.3. The Hall–Kier alpha value is -8.08. The van der Waals surface area contributed by atoms with Gasteiger partial charge in [0.05, 0.1) is 55.7 Å². The summed E-state index contributed by atoms with van der Waals surface area (Å²) in [6, 6.07) is 53.0. The first-order valence-electron chi connectivity index (χ1n) is 19.4. The van der Waals surface area contributed by atoms with Gasteiger partial charge in [-0.25, -0.2) is 0 Å². The first-order valence-corrected chi connectivity index (χ1v) is 19.4. The molecule has 2 aromatic heterocycles. The average molecular weight is 823 g/mol. The fourth-order valence-electron chi connectivity index (χ4n) is 8.51. The van der Waals surface area contributed by atoms with Crippen molar-refractivity contribution in [2.45, 2.75) is 12.4 Å². The van der Waals surface area contributed by atoms with Gasteiger partial charge >= 0.3 is 12.4 Å². The number of aromatic nitrogens is 2. The Morgan fingerprint density at radius 2 is 0.661 bits per heavy atom. The van der Waals surface area contributed by atoms with Gasteiger partial charge in [-0.15, -0.1) is 0 Å². The molecular weight excluding hydrogens is 795 g/mol. The topological polar surface area (TPSA) is 57.4 Å². The van der Waals surface area contributed by atoms with Crippen LogP contribution in [0.4, 0.5) is 26.3 Å². The largest absolute Gasteiger partial charge is 0.416 e. The molecule has 0 bridgehead atoms. The Labute approximate surface area is 350 Å². The normalized spacial score (nSPS) is 12.0. The zero-order valence-electron chi connectivity index (χ0n) is 32.2. The number of nitriles is 2. The lowest BCUT2D eigenvalue weighted by Crippen LogP contribution is -2.03. The van der Waals surface area contributed by atoms with Crippen LogP contribution in [0, 0.1) is 22.7 Å². The molecule has 0 aliphatic rings. The highest BCUT2D eigenvalue weighted by molar-refractivity contribution is 6.12. The average Bonchev–Trinajstić information content (AvgIpc) is 3.80. The standard InChI is InChI=1S/C52H28F6N4/c53-51(54,55)39-19-13-31(14-20-39)33-17-23-47-43(25-33)41-5-1-3-7-45(41)61(47)49-27-35(9-11-37(49)29-59)36-10-12-38(30-60)50(28-36)62-46-8-4-2-6-42(46)44-26-34(18-24-48(44)62)32-15-21-40(22-16-32)52(56,57)58/h1-28H. The van der Waals surface area contributed by atoms with Crippen LogP contribution in [-0.2, 0) is 12.4 Å². The molecule has 0 saturated carbocycles. The summed E-state index contributed by atoms with van der Waals surface area (Å²) in [5.41, 5.74) is 8.24. The van der Waals surface area contributed by atoms with Gasteiger partial charge in [-0.2, -0.15) is 36.9 Å². The summed E-state index contributed by atoms with van der Waals surface area (Å²) in [5.74, 6) is 0. The van der Waals surface area contributed by atoms with Crippen molar-refractivity contribution in [3.05, 3.63) is 192 Å². The van der Waals surface area contributed by atoms with Gasteiger partial charge in [0.25, 0.3) is 0 Å². The van der Waals surface area contributed by atoms with Crippen LogP contribution in [0.25, 0.3) is 88.4 Å². The van der Waals surface area contributed by atoms with Gasteiger partial charge in [0.1, 0.15) is 12.1 Å². The molecule has 0 unspecified atom stereocenters. The minimum absolute atomic E-state index is 0.420. The summed E-state index contributed by atoms with van der Waals surface area (Å²) in [6.07, 6.45) is -8.89. The summed E-state index contributed by atoms with van der Waals surface area (Å²) >= 11 is 0. The summed E-state index contributed by atoms with van der Waals surface area (Å²) < 4.78 is 84.0. The minimum atomic E-state index is -4.44. The maximum Gasteiger partial charge on any atom is 0.416 e. The zero-order chi connectivity index (χ0) is 42.9. The van der Waals surface area contributed by atoms with Crippen LogP contribution < -0.4 is 0 Å². The van der Waals surface area contributed by atoms with Gasteiger partial charge in [0.15, 0.2) is 0 Å². The summed E-state index contributed by atoms with van der Waals surface area (Å²) in [5, 5.41) is 24.4. The van der Waals surface area contributed by atoms with Crippen molar-refractivity contribution in [1.82, 2.24) is 9.13 Å². The molecule has 4 nitrogen and oxygen atoms in total. The van der Waals surface area contributed by atoms with Crippen LogP contribution in [0.1, 0.15) is 22.3 Å². The Balaban J connectivity index is 1.10. The van der Waals surface area contributed by atoms with E-state index in [0.29, 0.717) is 33.6 Å².